The number of rotatable bonds is 7. The number of anilines is 1. The number of aromatic nitrogens is 1. The zero-order valence-electron chi connectivity index (χ0n) is 16.3. The Balaban J connectivity index is 1.56. The van der Waals surface area contributed by atoms with Crippen molar-refractivity contribution < 1.29 is 17.9 Å². The number of hydrogen-bond donors (Lipinski definition) is 1. The minimum atomic E-state index is -3.22. The molecule has 1 aromatic carbocycles. The molecule has 1 aromatic heterocycles. The molecule has 2 aromatic rings. The molecule has 1 amide bonds. The van der Waals surface area contributed by atoms with Crippen LogP contribution in [0.5, 0.6) is 5.75 Å². The maximum Gasteiger partial charge on any atom is 0.264 e. The number of carbonyl (C=O) groups is 1. The van der Waals surface area contributed by atoms with E-state index in [0.717, 1.165) is 10.6 Å². The van der Waals surface area contributed by atoms with Gasteiger partial charge in [0.2, 0.25) is 10.0 Å². The van der Waals surface area contributed by atoms with E-state index in [-0.39, 0.29) is 18.3 Å². The summed E-state index contributed by atoms with van der Waals surface area (Å²) in [6, 6.07) is 7.69. The molecule has 1 N–H and O–H groups in total. The van der Waals surface area contributed by atoms with Crippen LogP contribution in [0.2, 0.25) is 0 Å². The monoisotopic (exact) mass is 423 g/mol. The summed E-state index contributed by atoms with van der Waals surface area (Å²) < 4.78 is 31.1. The highest BCUT2D eigenvalue weighted by Gasteiger charge is 2.28. The van der Waals surface area contributed by atoms with Crippen LogP contribution in [0.1, 0.15) is 42.8 Å². The van der Waals surface area contributed by atoms with E-state index in [2.05, 4.69) is 24.1 Å². The van der Waals surface area contributed by atoms with Crippen LogP contribution in [-0.4, -0.2) is 42.5 Å². The van der Waals surface area contributed by atoms with Crippen LogP contribution in [0.3, 0.4) is 0 Å². The molecule has 7 nitrogen and oxygen atoms in total. The lowest BCUT2D eigenvalue weighted by Gasteiger charge is -2.24. The van der Waals surface area contributed by atoms with Crippen LogP contribution < -0.4 is 10.1 Å². The molecule has 28 heavy (non-hydrogen) atoms. The van der Waals surface area contributed by atoms with Crippen molar-refractivity contribution in [2.45, 2.75) is 39.7 Å². The van der Waals surface area contributed by atoms with E-state index in [4.69, 9.17) is 4.74 Å². The molecule has 1 aliphatic rings. The SMILES string of the molecule is CCS(=O)(=O)N1CCc2nc(NC(=O)COc3ccc(C(C)C)cc3)sc2C1. The van der Waals surface area contributed by atoms with Crippen LogP contribution in [0, 0.1) is 0 Å². The quantitative estimate of drug-likeness (QED) is 0.740. The van der Waals surface area contributed by atoms with Gasteiger partial charge in [-0.15, -0.1) is 11.3 Å². The van der Waals surface area contributed by atoms with Gasteiger partial charge in [0.15, 0.2) is 11.7 Å². The third-order valence-corrected chi connectivity index (χ3v) is 7.44. The summed E-state index contributed by atoms with van der Waals surface area (Å²) >= 11 is 1.32. The molecule has 0 atom stereocenters. The topological polar surface area (TPSA) is 88.6 Å². The lowest BCUT2D eigenvalue weighted by atomic mass is 10.0. The number of hydrogen-bond acceptors (Lipinski definition) is 6. The molecule has 0 spiro atoms. The lowest BCUT2D eigenvalue weighted by molar-refractivity contribution is -0.118. The van der Waals surface area contributed by atoms with Crippen molar-refractivity contribution in [1.82, 2.24) is 9.29 Å². The highest BCUT2D eigenvalue weighted by molar-refractivity contribution is 7.89. The zero-order chi connectivity index (χ0) is 20.3. The molecule has 0 saturated carbocycles. The lowest BCUT2D eigenvalue weighted by Crippen LogP contribution is -2.36. The fraction of sp³-hybridized carbons (Fsp3) is 0.474. The second-order valence-corrected chi connectivity index (χ2v) is 10.3. The Labute approximate surface area is 169 Å². The van der Waals surface area contributed by atoms with Crippen molar-refractivity contribution in [3.63, 3.8) is 0 Å². The largest absolute Gasteiger partial charge is 0.484 e. The molecule has 152 valence electrons. The van der Waals surface area contributed by atoms with Gasteiger partial charge in [-0.2, -0.15) is 4.31 Å². The zero-order valence-corrected chi connectivity index (χ0v) is 17.9. The summed E-state index contributed by atoms with van der Waals surface area (Å²) in [5, 5.41) is 3.22. The van der Waals surface area contributed by atoms with E-state index in [1.165, 1.54) is 21.2 Å². The summed E-state index contributed by atoms with van der Waals surface area (Å²) in [7, 11) is -3.22. The summed E-state index contributed by atoms with van der Waals surface area (Å²) in [5.74, 6) is 0.868. The first kappa shape index (κ1) is 20.8. The smallest absolute Gasteiger partial charge is 0.264 e. The average Bonchev–Trinajstić information content (AvgIpc) is 3.08. The van der Waals surface area contributed by atoms with Crippen LogP contribution in [0.15, 0.2) is 24.3 Å². The first-order chi connectivity index (χ1) is 13.3. The van der Waals surface area contributed by atoms with E-state index in [1.807, 2.05) is 24.3 Å². The molecule has 0 unspecified atom stereocenters. The molecule has 0 saturated heterocycles. The van der Waals surface area contributed by atoms with E-state index < -0.39 is 10.0 Å². The molecule has 0 radical (unpaired) electrons. The molecule has 3 rings (SSSR count). The standard InChI is InChI=1S/C19H25N3O4S2/c1-4-28(24,25)22-10-9-16-17(11-22)27-19(20-16)21-18(23)12-26-15-7-5-14(6-8-15)13(2)3/h5-8,13H,4,9-12H2,1-3H3,(H,20,21,23). The Morgan fingerprint density at radius 3 is 2.68 bits per heavy atom. The van der Waals surface area contributed by atoms with E-state index >= 15 is 0 Å². The van der Waals surface area contributed by atoms with Crippen LogP contribution in [-0.2, 0) is 27.8 Å². The number of benzene rings is 1. The van der Waals surface area contributed by atoms with Crippen molar-refractivity contribution in [3.05, 3.63) is 40.4 Å². The number of amides is 1. The van der Waals surface area contributed by atoms with Crippen LogP contribution >= 0.6 is 11.3 Å². The van der Waals surface area contributed by atoms with Gasteiger partial charge in [0.05, 0.1) is 11.4 Å². The number of sulfonamides is 1. The van der Waals surface area contributed by atoms with Gasteiger partial charge >= 0.3 is 0 Å². The third-order valence-electron chi connectivity index (χ3n) is 4.62. The number of nitrogens with zero attached hydrogens (tertiary/aromatic N) is 2. The summed E-state index contributed by atoms with van der Waals surface area (Å²) in [6.07, 6.45) is 0.555. The maximum atomic E-state index is 12.2. The Morgan fingerprint density at radius 2 is 2.04 bits per heavy atom. The van der Waals surface area contributed by atoms with Gasteiger partial charge in [-0.1, -0.05) is 26.0 Å². The molecule has 0 bridgehead atoms. The first-order valence-electron chi connectivity index (χ1n) is 9.27. The first-order valence-corrected chi connectivity index (χ1v) is 11.7. The summed E-state index contributed by atoms with van der Waals surface area (Å²) in [6.45, 7) is 6.51. The molecule has 9 heteroatoms. The fourth-order valence-electron chi connectivity index (χ4n) is 2.90. The van der Waals surface area contributed by atoms with E-state index in [0.29, 0.717) is 36.3 Å². The Bertz CT molecular complexity index is 937. The molecule has 0 aliphatic carbocycles. The molecule has 0 fully saturated rings. The summed E-state index contributed by atoms with van der Waals surface area (Å²) in [5.41, 5.74) is 2.07. The molecular weight excluding hydrogens is 398 g/mol. The van der Waals surface area contributed by atoms with Gasteiger partial charge < -0.3 is 4.74 Å². The average molecular weight is 424 g/mol. The highest BCUT2D eigenvalue weighted by Crippen LogP contribution is 2.29. The second-order valence-electron chi connectivity index (χ2n) is 6.93. The molecule has 2 heterocycles. The minimum Gasteiger partial charge on any atom is -0.484 e. The number of carbonyl (C=O) groups excluding carboxylic acids is 1. The second kappa shape index (κ2) is 8.59. The van der Waals surface area contributed by atoms with Gasteiger partial charge in [0, 0.05) is 24.4 Å². The maximum absolute atomic E-state index is 12.2. The number of nitrogens with one attached hydrogen (secondary N) is 1. The van der Waals surface area contributed by atoms with Crippen molar-refractivity contribution in [2.24, 2.45) is 0 Å². The van der Waals surface area contributed by atoms with E-state index in [9.17, 15) is 13.2 Å². The van der Waals surface area contributed by atoms with E-state index in [1.54, 1.807) is 6.92 Å². The van der Waals surface area contributed by atoms with Crippen molar-refractivity contribution in [2.75, 3.05) is 24.2 Å². The van der Waals surface area contributed by atoms with Gasteiger partial charge in [0.1, 0.15) is 5.75 Å². The van der Waals surface area contributed by atoms with Crippen molar-refractivity contribution >= 4 is 32.4 Å². The number of fused-ring (bicyclic) bond motifs is 1. The van der Waals surface area contributed by atoms with Crippen LogP contribution in [0.4, 0.5) is 5.13 Å². The third kappa shape index (κ3) is 4.89. The fourth-order valence-corrected chi connectivity index (χ4v) is 5.08. The van der Waals surface area contributed by atoms with Gasteiger partial charge in [-0.3, -0.25) is 10.1 Å². The minimum absolute atomic E-state index is 0.0835. The van der Waals surface area contributed by atoms with Gasteiger partial charge in [0.25, 0.3) is 5.91 Å². The predicted octanol–water partition coefficient (Wildman–Crippen LogP) is 2.99. The summed E-state index contributed by atoms with van der Waals surface area (Å²) in [4.78, 5) is 17.5. The van der Waals surface area contributed by atoms with Crippen LogP contribution in [0.25, 0.3) is 0 Å². The highest BCUT2D eigenvalue weighted by atomic mass is 32.2. The van der Waals surface area contributed by atoms with Crippen molar-refractivity contribution in [3.8, 4) is 5.75 Å². The normalized spacial score (nSPS) is 14.7. The van der Waals surface area contributed by atoms with Gasteiger partial charge in [-0.25, -0.2) is 13.4 Å². The molecule has 1 aliphatic heterocycles. The molecular formula is C19H25N3O4S2. The number of ether oxygens (including phenoxy) is 1. The van der Waals surface area contributed by atoms with Gasteiger partial charge in [-0.05, 0) is 30.5 Å². The number of thiazole rings is 1. The predicted molar refractivity (Wildman–Crippen MR) is 110 cm³/mol. The Morgan fingerprint density at radius 1 is 1.32 bits per heavy atom. The van der Waals surface area contributed by atoms with Crippen molar-refractivity contribution in [1.29, 1.82) is 0 Å². The Hall–Kier alpha value is -1.97. The Kier molecular flexibility index (Phi) is 6.36.